The van der Waals surface area contributed by atoms with Crippen molar-refractivity contribution in [1.29, 1.82) is 0 Å². The average molecular weight is 310 g/mol. The molecule has 2 rings (SSSR count). The minimum absolute atomic E-state index is 0.142. The van der Waals surface area contributed by atoms with E-state index < -0.39 is 0 Å². The zero-order chi connectivity index (χ0) is 12.8. The van der Waals surface area contributed by atoms with Crippen molar-refractivity contribution in [3.05, 3.63) is 40.6 Å². The summed E-state index contributed by atoms with van der Waals surface area (Å²) >= 11 is 3.43. The van der Waals surface area contributed by atoms with E-state index in [2.05, 4.69) is 54.4 Å². The van der Waals surface area contributed by atoms with Crippen LogP contribution in [-0.2, 0) is 6.42 Å². The highest BCUT2D eigenvalue weighted by molar-refractivity contribution is 9.10. The highest BCUT2D eigenvalue weighted by atomic mass is 79.9. The minimum Gasteiger partial charge on any atom is -0.307 e. The van der Waals surface area contributed by atoms with E-state index in [9.17, 15) is 0 Å². The van der Waals surface area contributed by atoms with Crippen molar-refractivity contribution in [3.63, 3.8) is 0 Å². The quantitative estimate of drug-likeness (QED) is 0.859. The number of nitrogens with one attached hydrogen (secondary N) is 2. The van der Waals surface area contributed by atoms with Gasteiger partial charge in [-0.15, -0.1) is 0 Å². The monoisotopic (exact) mass is 309 g/mol. The van der Waals surface area contributed by atoms with Gasteiger partial charge in [0.2, 0.25) is 0 Å². The standard InChI is InChI=1S/C12H16BrN5/c1-2-3-15-11(12-16-8-17-18-12)5-9-4-10(13)7-14-6-9/h4,6-8,11,15H,2-3,5H2,1H3,(H,16,17,18). The fourth-order valence-electron chi connectivity index (χ4n) is 1.77. The summed E-state index contributed by atoms with van der Waals surface area (Å²) in [5.41, 5.74) is 1.16. The predicted octanol–water partition coefficient (Wildman–Crippen LogP) is 2.25. The molecule has 1 unspecified atom stereocenters. The number of hydrogen-bond donors (Lipinski definition) is 2. The highest BCUT2D eigenvalue weighted by Crippen LogP contribution is 2.17. The molecule has 0 bridgehead atoms. The van der Waals surface area contributed by atoms with Crippen molar-refractivity contribution in [3.8, 4) is 0 Å². The molecule has 2 aromatic heterocycles. The van der Waals surface area contributed by atoms with E-state index in [0.29, 0.717) is 0 Å². The second-order valence-electron chi connectivity index (χ2n) is 4.09. The molecular weight excluding hydrogens is 294 g/mol. The maximum absolute atomic E-state index is 4.23. The molecule has 18 heavy (non-hydrogen) atoms. The summed E-state index contributed by atoms with van der Waals surface area (Å²) in [7, 11) is 0. The van der Waals surface area contributed by atoms with Crippen LogP contribution >= 0.6 is 15.9 Å². The van der Waals surface area contributed by atoms with Crippen LogP contribution < -0.4 is 5.32 Å². The van der Waals surface area contributed by atoms with Gasteiger partial charge in [-0.05, 0) is 46.9 Å². The molecule has 2 aromatic rings. The molecule has 0 aliphatic rings. The van der Waals surface area contributed by atoms with Gasteiger partial charge in [0.1, 0.15) is 12.2 Å². The fraction of sp³-hybridized carbons (Fsp3) is 0.417. The van der Waals surface area contributed by atoms with E-state index in [4.69, 9.17) is 0 Å². The van der Waals surface area contributed by atoms with Crippen molar-refractivity contribution >= 4 is 15.9 Å². The first-order valence-electron chi connectivity index (χ1n) is 5.97. The van der Waals surface area contributed by atoms with Gasteiger partial charge in [0.05, 0.1) is 6.04 Å². The summed E-state index contributed by atoms with van der Waals surface area (Å²) in [6.45, 7) is 3.10. The molecule has 2 heterocycles. The number of halogens is 1. The van der Waals surface area contributed by atoms with E-state index in [0.717, 1.165) is 35.2 Å². The topological polar surface area (TPSA) is 66.5 Å². The first-order valence-corrected chi connectivity index (χ1v) is 6.77. The van der Waals surface area contributed by atoms with Crippen LogP contribution in [0.5, 0.6) is 0 Å². The van der Waals surface area contributed by atoms with Gasteiger partial charge in [0, 0.05) is 16.9 Å². The maximum atomic E-state index is 4.23. The lowest BCUT2D eigenvalue weighted by Crippen LogP contribution is -2.25. The molecule has 96 valence electrons. The third-order valence-corrected chi connectivity index (χ3v) is 3.04. The lowest BCUT2D eigenvalue weighted by molar-refractivity contribution is 0.505. The first kappa shape index (κ1) is 13.2. The van der Waals surface area contributed by atoms with Gasteiger partial charge in [-0.25, -0.2) is 4.98 Å². The first-order chi connectivity index (χ1) is 8.79. The van der Waals surface area contributed by atoms with Gasteiger partial charge in [-0.3, -0.25) is 10.1 Å². The van der Waals surface area contributed by atoms with Crippen LogP contribution in [0.25, 0.3) is 0 Å². The fourth-order valence-corrected chi connectivity index (χ4v) is 2.18. The molecule has 0 aliphatic carbocycles. The van der Waals surface area contributed by atoms with Gasteiger partial charge >= 0.3 is 0 Å². The van der Waals surface area contributed by atoms with Crippen LogP contribution in [0.2, 0.25) is 0 Å². The smallest absolute Gasteiger partial charge is 0.141 e. The van der Waals surface area contributed by atoms with Crippen molar-refractivity contribution in [2.45, 2.75) is 25.8 Å². The number of hydrogen-bond acceptors (Lipinski definition) is 4. The Bertz CT molecular complexity index is 471. The molecule has 0 saturated carbocycles. The van der Waals surface area contributed by atoms with E-state index in [-0.39, 0.29) is 6.04 Å². The Balaban J connectivity index is 2.10. The van der Waals surface area contributed by atoms with Crippen LogP contribution in [0.1, 0.15) is 30.8 Å². The van der Waals surface area contributed by atoms with E-state index in [1.165, 1.54) is 6.33 Å². The van der Waals surface area contributed by atoms with Crippen molar-refractivity contribution < 1.29 is 0 Å². The molecule has 2 N–H and O–H groups in total. The van der Waals surface area contributed by atoms with Crippen LogP contribution in [0, 0.1) is 0 Å². The molecule has 6 heteroatoms. The van der Waals surface area contributed by atoms with E-state index >= 15 is 0 Å². The van der Waals surface area contributed by atoms with Gasteiger partial charge < -0.3 is 5.32 Å². The van der Waals surface area contributed by atoms with Crippen LogP contribution in [-0.4, -0.2) is 26.7 Å². The Morgan fingerprint density at radius 2 is 2.33 bits per heavy atom. The Hall–Kier alpha value is -1.27. The number of aromatic nitrogens is 4. The average Bonchev–Trinajstić information content (AvgIpc) is 2.88. The molecule has 0 aliphatic heterocycles. The van der Waals surface area contributed by atoms with Crippen molar-refractivity contribution in [2.75, 3.05) is 6.54 Å². The SMILES string of the molecule is CCCNC(Cc1cncc(Br)c1)c1ncn[nH]1. The Kier molecular flexibility index (Phi) is 4.83. The lowest BCUT2D eigenvalue weighted by atomic mass is 10.1. The molecule has 1 atom stereocenters. The van der Waals surface area contributed by atoms with Gasteiger partial charge in [0.25, 0.3) is 0 Å². The number of H-pyrrole nitrogens is 1. The molecule has 0 amide bonds. The largest absolute Gasteiger partial charge is 0.307 e. The van der Waals surface area contributed by atoms with E-state index in [1.807, 2.05) is 6.20 Å². The molecule has 0 aromatic carbocycles. The molecule has 0 fully saturated rings. The maximum Gasteiger partial charge on any atom is 0.141 e. The van der Waals surface area contributed by atoms with Crippen LogP contribution in [0.4, 0.5) is 0 Å². The number of pyridine rings is 1. The van der Waals surface area contributed by atoms with Gasteiger partial charge in [0.15, 0.2) is 0 Å². The second-order valence-corrected chi connectivity index (χ2v) is 5.01. The zero-order valence-corrected chi connectivity index (χ0v) is 11.8. The number of nitrogens with zero attached hydrogens (tertiary/aromatic N) is 3. The summed E-state index contributed by atoms with van der Waals surface area (Å²) < 4.78 is 0.992. The predicted molar refractivity (Wildman–Crippen MR) is 73.1 cm³/mol. The Labute approximate surface area is 115 Å². The summed E-state index contributed by atoms with van der Waals surface area (Å²) in [6.07, 6.45) is 7.12. The van der Waals surface area contributed by atoms with Crippen molar-refractivity contribution in [1.82, 2.24) is 25.5 Å². The van der Waals surface area contributed by atoms with Gasteiger partial charge in [-0.2, -0.15) is 5.10 Å². The number of aromatic amines is 1. The molecule has 5 nitrogen and oxygen atoms in total. The van der Waals surface area contributed by atoms with Crippen molar-refractivity contribution in [2.24, 2.45) is 0 Å². The molecule has 0 saturated heterocycles. The van der Waals surface area contributed by atoms with Gasteiger partial charge in [-0.1, -0.05) is 6.92 Å². The Morgan fingerprint density at radius 3 is 3.00 bits per heavy atom. The molecule has 0 spiro atoms. The van der Waals surface area contributed by atoms with Crippen LogP contribution in [0.15, 0.2) is 29.3 Å². The lowest BCUT2D eigenvalue weighted by Gasteiger charge is -2.15. The Morgan fingerprint density at radius 1 is 1.44 bits per heavy atom. The third kappa shape index (κ3) is 3.61. The normalized spacial score (nSPS) is 12.6. The summed E-state index contributed by atoms with van der Waals surface area (Å²) in [6, 6.07) is 2.22. The molecular formula is C12H16BrN5. The summed E-state index contributed by atoms with van der Waals surface area (Å²) in [5.74, 6) is 0.864. The third-order valence-electron chi connectivity index (χ3n) is 2.61. The highest BCUT2D eigenvalue weighted by Gasteiger charge is 2.14. The second kappa shape index (κ2) is 6.61. The van der Waals surface area contributed by atoms with Crippen LogP contribution in [0.3, 0.4) is 0 Å². The zero-order valence-electron chi connectivity index (χ0n) is 10.2. The summed E-state index contributed by atoms with van der Waals surface area (Å²) in [4.78, 5) is 8.40. The minimum atomic E-state index is 0.142. The number of rotatable bonds is 6. The molecule has 0 radical (unpaired) electrons. The summed E-state index contributed by atoms with van der Waals surface area (Å²) in [5, 5.41) is 10.3. The van der Waals surface area contributed by atoms with E-state index in [1.54, 1.807) is 6.20 Å².